The molecule has 0 fully saturated rings. The summed E-state index contributed by atoms with van der Waals surface area (Å²) in [4.78, 5) is 12.1. The molecule has 1 aromatic carbocycles. The lowest BCUT2D eigenvalue weighted by Crippen LogP contribution is -1.99. The van der Waals surface area contributed by atoms with E-state index in [-0.39, 0.29) is 0 Å². The van der Waals surface area contributed by atoms with Crippen LogP contribution in [0.1, 0.15) is 0 Å². The first-order chi connectivity index (χ1) is 7.63. The summed E-state index contributed by atoms with van der Waals surface area (Å²) in [5.74, 6) is 0.455. The van der Waals surface area contributed by atoms with Crippen molar-refractivity contribution in [3.05, 3.63) is 38.8 Å². The molecule has 0 aliphatic rings. The molecule has 0 aliphatic heterocycles. The zero-order valence-corrected chi connectivity index (χ0v) is 11.7. The molecule has 1 heterocycles. The second-order valence-corrected chi connectivity index (χ2v) is 4.68. The number of anilines is 2. The predicted octanol–water partition coefficient (Wildman–Crippen LogP) is 3.79. The number of rotatable bonds is 2. The Hall–Kier alpha value is -0.720. The van der Waals surface area contributed by atoms with E-state index in [1.54, 1.807) is 12.1 Å². The van der Waals surface area contributed by atoms with E-state index in [4.69, 9.17) is 11.6 Å². The zero-order valence-electron chi connectivity index (χ0n) is 7.78. The van der Waals surface area contributed by atoms with Gasteiger partial charge in [-0.3, -0.25) is 0 Å². The second kappa shape index (κ2) is 5.07. The topological polar surface area (TPSA) is 50.7 Å². The number of aromatic nitrogens is 3. The Morgan fingerprint density at radius 3 is 2.06 bits per heavy atom. The van der Waals surface area contributed by atoms with Crippen LogP contribution in [0.3, 0.4) is 0 Å². The van der Waals surface area contributed by atoms with Crippen LogP contribution in [0.25, 0.3) is 0 Å². The highest BCUT2D eigenvalue weighted by Gasteiger charge is 2.02. The summed E-state index contributed by atoms with van der Waals surface area (Å²) in [6.45, 7) is 0. The summed E-state index contributed by atoms with van der Waals surface area (Å²) in [7, 11) is 0. The van der Waals surface area contributed by atoms with Crippen LogP contribution >= 0.6 is 43.5 Å². The van der Waals surface area contributed by atoms with Gasteiger partial charge in [0.05, 0.1) is 0 Å². The van der Waals surface area contributed by atoms with Gasteiger partial charge in [0.15, 0.2) is 0 Å². The van der Waals surface area contributed by atoms with E-state index >= 15 is 0 Å². The molecule has 0 saturated carbocycles. The van der Waals surface area contributed by atoms with Crippen molar-refractivity contribution in [2.45, 2.75) is 0 Å². The Labute approximate surface area is 114 Å². The minimum atomic E-state index is 0.455. The summed E-state index contributed by atoms with van der Waals surface area (Å²) in [5, 5.41) is 3.72. The monoisotopic (exact) mass is 362 g/mol. The lowest BCUT2D eigenvalue weighted by molar-refractivity contribution is 0.982. The van der Waals surface area contributed by atoms with Gasteiger partial charge in [-0.25, -0.2) is 0 Å². The Kier molecular flexibility index (Phi) is 3.73. The number of nitrogens with one attached hydrogen (secondary N) is 1. The highest BCUT2D eigenvalue weighted by atomic mass is 79.9. The van der Waals surface area contributed by atoms with Crippen molar-refractivity contribution in [2.24, 2.45) is 0 Å². The van der Waals surface area contributed by atoms with Gasteiger partial charge >= 0.3 is 0 Å². The van der Waals surface area contributed by atoms with E-state index in [0.717, 1.165) is 5.69 Å². The van der Waals surface area contributed by atoms with Gasteiger partial charge < -0.3 is 5.32 Å². The lowest BCUT2D eigenvalue weighted by Gasteiger charge is -2.04. The van der Waals surface area contributed by atoms with Gasteiger partial charge in [0.1, 0.15) is 0 Å². The molecule has 1 N–H and O–H groups in total. The van der Waals surface area contributed by atoms with Crippen molar-refractivity contribution in [1.82, 2.24) is 15.0 Å². The van der Waals surface area contributed by atoms with Crippen molar-refractivity contribution in [3.8, 4) is 0 Å². The minimum Gasteiger partial charge on any atom is -0.324 e. The molecule has 0 atom stereocenters. The first-order valence-corrected chi connectivity index (χ1v) is 6.19. The van der Waals surface area contributed by atoms with Gasteiger partial charge in [0.2, 0.25) is 15.4 Å². The molecule has 4 nitrogen and oxygen atoms in total. The van der Waals surface area contributed by atoms with E-state index < -0.39 is 0 Å². The van der Waals surface area contributed by atoms with Crippen molar-refractivity contribution >= 4 is 55.1 Å². The third kappa shape index (κ3) is 3.13. The van der Waals surface area contributed by atoms with Crippen LogP contribution in [-0.4, -0.2) is 15.0 Å². The summed E-state index contributed by atoms with van der Waals surface area (Å²) in [5.41, 5.74) is 0.856. The molecule has 0 amide bonds. The van der Waals surface area contributed by atoms with E-state index in [1.165, 1.54) is 0 Å². The molecule has 2 rings (SSSR count). The fraction of sp³-hybridized carbons (Fsp3) is 0. The maximum Gasteiger partial charge on any atom is 0.232 e. The quantitative estimate of drug-likeness (QED) is 0.881. The summed E-state index contributed by atoms with van der Waals surface area (Å²) >= 11 is 12.2. The molecule has 7 heteroatoms. The highest BCUT2D eigenvalue weighted by Crippen LogP contribution is 2.18. The normalized spacial score (nSPS) is 10.2. The van der Waals surface area contributed by atoms with Crippen molar-refractivity contribution in [1.29, 1.82) is 0 Å². The predicted molar refractivity (Wildman–Crippen MR) is 70.0 cm³/mol. The maximum absolute atomic E-state index is 5.78. The molecule has 2 aromatic rings. The molecule has 1 aromatic heterocycles. The van der Waals surface area contributed by atoms with Crippen LogP contribution in [0, 0.1) is 0 Å². The third-order valence-corrected chi connectivity index (χ3v) is 2.64. The van der Waals surface area contributed by atoms with Crippen molar-refractivity contribution < 1.29 is 0 Å². The molecule has 0 aliphatic carbocycles. The van der Waals surface area contributed by atoms with Gasteiger partial charge in [0, 0.05) is 10.7 Å². The molecule has 0 unspecified atom stereocenters. The van der Waals surface area contributed by atoms with Gasteiger partial charge in [-0.15, -0.1) is 0 Å². The molecule has 0 radical (unpaired) electrons. The summed E-state index contributed by atoms with van der Waals surface area (Å²) < 4.78 is 0.927. The van der Waals surface area contributed by atoms with Gasteiger partial charge in [-0.05, 0) is 56.1 Å². The molecular formula is C9H5Br2ClN4. The van der Waals surface area contributed by atoms with Crippen LogP contribution in [-0.2, 0) is 0 Å². The number of halogens is 3. The Morgan fingerprint density at radius 2 is 1.50 bits per heavy atom. The smallest absolute Gasteiger partial charge is 0.232 e. The van der Waals surface area contributed by atoms with E-state index in [2.05, 4.69) is 52.1 Å². The maximum atomic E-state index is 5.78. The van der Waals surface area contributed by atoms with Crippen molar-refractivity contribution in [3.63, 3.8) is 0 Å². The van der Waals surface area contributed by atoms with E-state index in [0.29, 0.717) is 20.4 Å². The number of nitrogens with zero attached hydrogens (tertiary/aromatic N) is 3. The van der Waals surface area contributed by atoms with E-state index in [1.807, 2.05) is 12.1 Å². The highest BCUT2D eigenvalue weighted by molar-refractivity contribution is 9.11. The molecule has 0 saturated heterocycles. The first kappa shape index (κ1) is 11.8. The van der Waals surface area contributed by atoms with E-state index in [9.17, 15) is 0 Å². The first-order valence-electron chi connectivity index (χ1n) is 4.23. The fourth-order valence-corrected chi connectivity index (χ4v) is 2.08. The van der Waals surface area contributed by atoms with Crippen molar-refractivity contribution in [2.75, 3.05) is 5.32 Å². The number of hydrogen-bond donors (Lipinski definition) is 1. The molecule has 0 spiro atoms. The minimum absolute atomic E-state index is 0.455. The van der Waals surface area contributed by atoms with Crippen LogP contribution in [0.2, 0.25) is 5.02 Å². The SMILES string of the molecule is Clc1ccc(Nc2nc(Br)nc(Br)n2)cc1. The fourth-order valence-electron chi connectivity index (χ4n) is 1.04. The van der Waals surface area contributed by atoms with Crippen LogP contribution in [0.5, 0.6) is 0 Å². The molecule has 0 bridgehead atoms. The number of benzene rings is 1. The average molecular weight is 364 g/mol. The van der Waals surface area contributed by atoms with Gasteiger partial charge in [-0.2, -0.15) is 15.0 Å². The lowest BCUT2D eigenvalue weighted by atomic mass is 10.3. The Balaban J connectivity index is 2.23. The third-order valence-electron chi connectivity index (χ3n) is 1.68. The molecule has 82 valence electrons. The standard InChI is InChI=1S/C9H5Br2ClN4/c10-7-14-8(11)16-9(15-7)13-6-3-1-5(12)2-4-6/h1-4H,(H,13,14,15,16). The second-order valence-electron chi connectivity index (χ2n) is 2.83. The zero-order chi connectivity index (χ0) is 11.5. The van der Waals surface area contributed by atoms with Crippen LogP contribution in [0.4, 0.5) is 11.6 Å². The average Bonchev–Trinajstić information content (AvgIpc) is 2.20. The Morgan fingerprint density at radius 1 is 0.938 bits per heavy atom. The van der Waals surface area contributed by atoms with Gasteiger partial charge in [-0.1, -0.05) is 11.6 Å². The largest absolute Gasteiger partial charge is 0.324 e. The summed E-state index contributed by atoms with van der Waals surface area (Å²) in [6.07, 6.45) is 0. The summed E-state index contributed by atoms with van der Waals surface area (Å²) in [6, 6.07) is 7.26. The molecule has 16 heavy (non-hydrogen) atoms. The molecular weight excluding hydrogens is 359 g/mol. The van der Waals surface area contributed by atoms with Crippen LogP contribution in [0.15, 0.2) is 33.7 Å². The number of hydrogen-bond acceptors (Lipinski definition) is 4. The van der Waals surface area contributed by atoms with Gasteiger partial charge in [0.25, 0.3) is 0 Å². The Bertz CT molecular complexity index is 483. The van der Waals surface area contributed by atoms with Crippen LogP contribution < -0.4 is 5.32 Å².